The number of anilines is 1. The van der Waals surface area contributed by atoms with Gasteiger partial charge in [0.15, 0.2) is 5.75 Å². The highest BCUT2D eigenvalue weighted by Gasteiger charge is 2.50. The summed E-state index contributed by atoms with van der Waals surface area (Å²) in [5.74, 6) is 2.54. The molecular formula is C33H39Cl2N7O4. The molecule has 1 aliphatic carbocycles. The average molecular weight is 669 g/mol. The Balaban J connectivity index is 1.13. The maximum absolute atomic E-state index is 11.5. The van der Waals surface area contributed by atoms with E-state index in [4.69, 9.17) is 37.7 Å². The molecule has 0 spiro atoms. The molecule has 2 aliphatic heterocycles. The predicted octanol–water partition coefficient (Wildman–Crippen LogP) is 4.67. The van der Waals surface area contributed by atoms with Gasteiger partial charge in [0, 0.05) is 73.9 Å². The number of nitrogens with one attached hydrogen (secondary N) is 1. The molecule has 2 aromatic heterocycles. The number of aromatic nitrogens is 3. The summed E-state index contributed by atoms with van der Waals surface area (Å²) in [4.78, 5) is 43.8. The smallest absolute Gasteiger partial charge is 0.306 e. The molecule has 11 nitrogen and oxygen atoms in total. The molecule has 6 rings (SSSR count). The van der Waals surface area contributed by atoms with Gasteiger partial charge in [-0.3, -0.25) is 19.4 Å². The van der Waals surface area contributed by atoms with Crippen molar-refractivity contribution in [3.63, 3.8) is 0 Å². The van der Waals surface area contributed by atoms with E-state index in [0.29, 0.717) is 64.2 Å². The number of ether oxygens (including phenoxy) is 2. The molecule has 1 saturated carbocycles. The van der Waals surface area contributed by atoms with Crippen molar-refractivity contribution < 1.29 is 19.1 Å². The van der Waals surface area contributed by atoms with Crippen LogP contribution < -0.4 is 15.0 Å². The topological polar surface area (TPSA) is 113 Å². The van der Waals surface area contributed by atoms with Crippen LogP contribution in [0.1, 0.15) is 31.7 Å². The number of likely N-dealkylation sites (tertiary alicyclic amines) is 1. The van der Waals surface area contributed by atoms with E-state index in [-0.39, 0.29) is 11.9 Å². The van der Waals surface area contributed by atoms with Crippen LogP contribution in [-0.2, 0) is 20.9 Å². The van der Waals surface area contributed by atoms with Gasteiger partial charge in [0.25, 0.3) is 0 Å². The fourth-order valence-electron chi connectivity index (χ4n) is 6.59. The Hall–Kier alpha value is -3.51. The minimum atomic E-state index is -0.193. The van der Waals surface area contributed by atoms with Gasteiger partial charge >= 0.3 is 5.97 Å². The Morgan fingerprint density at radius 1 is 0.913 bits per heavy atom. The SMILES string of the molecule is COC(=O)CCN1CCN(c2ncc(Oc3cc(CN4CC[C@@H]5[C@H](CC4)[C@@H]5NC(C)=O)cc(-c4cc(Cl)cc(Cl)c4)n3)cn2)CC1. The van der Waals surface area contributed by atoms with Gasteiger partial charge in [-0.15, -0.1) is 0 Å². The summed E-state index contributed by atoms with van der Waals surface area (Å²) < 4.78 is 11.0. The van der Waals surface area contributed by atoms with Crippen LogP contribution in [-0.4, -0.2) is 95.6 Å². The lowest BCUT2D eigenvalue weighted by molar-refractivity contribution is -0.141. The maximum Gasteiger partial charge on any atom is 0.306 e. The van der Waals surface area contributed by atoms with Crippen LogP contribution in [0.2, 0.25) is 10.0 Å². The van der Waals surface area contributed by atoms with Crippen molar-refractivity contribution in [2.24, 2.45) is 11.8 Å². The molecule has 1 amide bonds. The van der Waals surface area contributed by atoms with Gasteiger partial charge < -0.3 is 19.7 Å². The summed E-state index contributed by atoms with van der Waals surface area (Å²) in [6, 6.07) is 9.74. The van der Waals surface area contributed by atoms with Gasteiger partial charge in [0.05, 0.1) is 31.6 Å². The average Bonchev–Trinajstić information content (AvgIpc) is 3.74. The number of hydrogen-bond acceptors (Lipinski definition) is 10. The molecule has 3 atom stereocenters. The van der Waals surface area contributed by atoms with Crippen LogP contribution in [0.3, 0.4) is 0 Å². The van der Waals surface area contributed by atoms with E-state index in [9.17, 15) is 9.59 Å². The van der Waals surface area contributed by atoms with Gasteiger partial charge in [-0.1, -0.05) is 23.2 Å². The van der Waals surface area contributed by atoms with E-state index in [1.165, 1.54) is 7.11 Å². The highest BCUT2D eigenvalue weighted by molar-refractivity contribution is 6.35. The second-order valence-electron chi connectivity index (χ2n) is 12.2. The number of pyridine rings is 1. The van der Waals surface area contributed by atoms with Crippen LogP contribution in [0, 0.1) is 11.8 Å². The number of rotatable bonds is 10. The van der Waals surface area contributed by atoms with E-state index < -0.39 is 0 Å². The zero-order valence-corrected chi connectivity index (χ0v) is 27.6. The molecular weight excluding hydrogens is 629 g/mol. The number of amides is 1. The molecule has 3 fully saturated rings. The molecule has 0 bridgehead atoms. The summed E-state index contributed by atoms with van der Waals surface area (Å²) in [6.45, 7) is 8.11. The summed E-state index contributed by atoms with van der Waals surface area (Å²) in [5, 5.41) is 4.18. The summed E-state index contributed by atoms with van der Waals surface area (Å²) >= 11 is 12.7. The second kappa shape index (κ2) is 14.5. The van der Waals surface area contributed by atoms with Crippen molar-refractivity contribution in [2.75, 3.05) is 57.8 Å². The summed E-state index contributed by atoms with van der Waals surface area (Å²) in [7, 11) is 1.41. The third kappa shape index (κ3) is 8.25. The Labute approximate surface area is 279 Å². The lowest BCUT2D eigenvalue weighted by Gasteiger charge is -2.34. The molecule has 1 N–H and O–H groups in total. The zero-order chi connectivity index (χ0) is 32.2. The summed E-state index contributed by atoms with van der Waals surface area (Å²) in [5.41, 5.74) is 2.58. The van der Waals surface area contributed by atoms with Crippen LogP contribution in [0.25, 0.3) is 11.3 Å². The first-order chi connectivity index (χ1) is 22.2. The number of benzene rings is 1. The monoisotopic (exact) mass is 667 g/mol. The van der Waals surface area contributed by atoms with Gasteiger partial charge in [0.2, 0.25) is 17.7 Å². The van der Waals surface area contributed by atoms with Gasteiger partial charge in [-0.2, -0.15) is 0 Å². The van der Waals surface area contributed by atoms with Crippen molar-refractivity contribution in [2.45, 2.75) is 38.8 Å². The molecule has 244 valence electrons. The van der Waals surface area contributed by atoms with Crippen LogP contribution in [0.15, 0.2) is 42.7 Å². The van der Waals surface area contributed by atoms with Crippen molar-refractivity contribution in [3.05, 3.63) is 58.3 Å². The first kappa shape index (κ1) is 32.4. The van der Waals surface area contributed by atoms with E-state index in [2.05, 4.69) is 36.1 Å². The first-order valence-electron chi connectivity index (χ1n) is 15.7. The van der Waals surface area contributed by atoms with Gasteiger partial charge in [-0.25, -0.2) is 15.0 Å². The van der Waals surface area contributed by atoms with Gasteiger partial charge in [-0.05, 0) is 67.6 Å². The number of esters is 1. The predicted molar refractivity (Wildman–Crippen MR) is 176 cm³/mol. The van der Waals surface area contributed by atoms with E-state index in [0.717, 1.165) is 69.8 Å². The zero-order valence-electron chi connectivity index (χ0n) is 26.1. The van der Waals surface area contributed by atoms with Crippen LogP contribution in [0.4, 0.5) is 5.95 Å². The maximum atomic E-state index is 11.5. The van der Waals surface area contributed by atoms with Crippen LogP contribution in [0.5, 0.6) is 11.6 Å². The number of nitrogens with zero attached hydrogens (tertiary/aromatic N) is 6. The number of fused-ring (bicyclic) bond motifs is 1. The molecule has 13 heteroatoms. The van der Waals surface area contributed by atoms with Crippen molar-refractivity contribution in [1.29, 1.82) is 0 Å². The Kier molecular flexibility index (Phi) is 10.2. The van der Waals surface area contributed by atoms with Crippen molar-refractivity contribution >= 4 is 41.0 Å². The normalized spacial score (nSPS) is 21.7. The van der Waals surface area contributed by atoms with Gasteiger partial charge in [0.1, 0.15) is 0 Å². The van der Waals surface area contributed by atoms with E-state index in [1.54, 1.807) is 25.4 Å². The lowest BCUT2D eigenvalue weighted by Crippen LogP contribution is -2.47. The molecule has 4 heterocycles. The third-order valence-electron chi connectivity index (χ3n) is 9.04. The number of halogens is 2. The molecule has 0 unspecified atom stereocenters. The molecule has 0 radical (unpaired) electrons. The molecule has 3 aromatic rings. The third-order valence-corrected chi connectivity index (χ3v) is 9.47. The molecule has 46 heavy (non-hydrogen) atoms. The second-order valence-corrected chi connectivity index (χ2v) is 13.1. The molecule has 1 aromatic carbocycles. The number of methoxy groups -OCH3 is 1. The number of carbonyl (C=O) groups excluding carboxylic acids is 2. The van der Waals surface area contributed by atoms with E-state index >= 15 is 0 Å². The largest absolute Gasteiger partial charge is 0.469 e. The highest BCUT2D eigenvalue weighted by Crippen LogP contribution is 2.46. The minimum absolute atomic E-state index is 0.0554. The number of hydrogen-bond donors (Lipinski definition) is 1. The van der Waals surface area contributed by atoms with Crippen LogP contribution >= 0.6 is 23.2 Å². The summed E-state index contributed by atoms with van der Waals surface area (Å²) in [6.07, 6.45) is 5.85. The Bertz CT molecular complexity index is 1520. The highest BCUT2D eigenvalue weighted by atomic mass is 35.5. The quantitative estimate of drug-likeness (QED) is 0.306. The minimum Gasteiger partial charge on any atom is -0.469 e. The van der Waals surface area contributed by atoms with Crippen molar-refractivity contribution in [3.8, 4) is 22.9 Å². The Morgan fingerprint density at radius 3 is 2.22 bits per heavy atom. The number of carbonyl (C=O) groups is 2. The van der Waals surface area contributed by atoms with E-state index in [1.807, 2.05) is 18.2 Å². The fourth-order valence-corrected chi connectivity index (χ4v) is 7.12. The fraction of sp³-hybridized carbons (Fsp3) is 0.485. The first-order valence-corrected chi connectivity index (χ1v) is 16.5. The number of piperazine rings is 1. The standard InChI is InChI=1S/C33H39Cl2N7O4/c1-21(43)38-32-27-3-6-41(7-4-28(27)32)20-22-13-29(23-15-24(34)17-25(35)16-23)39-30(14-22)46-26-18-36-33(37-19-26)42-11-9-40(10-12-42)8-5-31(44)45-2/h13-19,27-28,32H,3-12,20H2,1-2H3,(H,38,43)/t27-,28+,32-. The lowest BCUT2D eigenvalue weighted by atomic mass is 10.1. The van der Waals surface area contributed by atoms with Crippen molar-refractivity contribution in [1.82, 2.24) is 30.1 Å². The molecule has 2 saturated heterocycles. The molecule has 3 aliphatic rings. The Morgan fingerprint density at radius 2 is 1.59 bits per heavy atom.